The number of carbonyl (C=O) groups is 1. The third kappa shape index (κ3) is 5.68. The van der Waals surface area contributed by atoms with Crippen molar-refractivity contribution in [1.29, 1.82) is 0 Å². The van der Waals surface area contributed by atoms with Crippen LogP contribution in [0, 0.1) is 10.1 Å². The molecule has 0 spiro atoms. The lowest BCUT2D eigenvalue weighted by Gasteiger charge is -2.07. The summed E-state index contributed by atoms with van der Waals surface area (Å²) in [5.41, 5.74) is -0.355. The third-order valence-electron chi connectivity index (χ3n) is 2.70. The Morgan fingerprint density at radius 1 is 1.29 bits per heavy atom. The number of thioether (sulfide) groups is 1. The number of amides is 1. The Hall–Kier alpha value is -2.95. The second-order valence-corrected chi connectivity index (χ2v) is 5.43. The van der Waals surface area contributed by atoms with Crippen LogP contribution in [0.15, 0.2) is 40.5 Å². The summed E-state index contributed by atoms with van der Waals surface area (Å²) in [4.78, 5) is 43.0. The Kier molecular flexibility index (Phi) is 6.25. The van der Waals surface area contributed by atoms with Crippen molar-refractivity contribution in [3.63, 3.8) is 0 Å². The molecule has 1 amide bonds. The molecule has 2 aromatic heterocycles. The van der Waals surface area contributed by atoms with E-state index in [1.807, 2.05) is 0 Å². The van der Waals surface area contributed by atoms with Gasteiger partial charge in [-0.3, -0.25) is 19.7 Å². The Labute approximate surface area is 140 Å². The molecule has 0 saturated heterocycles. The number of hydrogen-bond acceptors (Lipinski definition) is 8. The van der Waals surface area contributed by atoms with E-state index in [2.05, 4.69) is 25.6 Å². The zero-order chi connectivity index (χ0) is 17.4. The topological polar surface area (TPSA) is 143 Å². The highest BCUT2D eigenvalue weighted by Gasteiger charge is 2.06. The van der Waals surface area contributed by atoms with Crippen molar-refractivity contribution in [2.75, 3.05) is 24.2 Å². The number of nitrogens with zero attached hydrogens (tertiary/aromatic N) is 3. The van der Waals surface area contributed by atoms with Gasteiger partial charge in [0.25, 0.3) is 11.2 Å². The fraction of sp³-hybridized carbons (Fsp3) is 0.231. The standard InChI is InChI=1S/C13H14N6O4S/c20-11-3-4-16-13(18-11)24-8-12(21)15-6-5-14-10-2-1-9(7-17-10)19(22)23/h1-4,7H,5-6,8H2,(H,14,17)(H,15,21)(H,16,18,20). The summed E-state index contributed by atoms with van der Waals surface area (Å²) in [5.74, 6) is 0.406. The van der Waals surface area contributed by atoms with Crippen LogP contribution < -0.4 is 16.2 Å². The molecular formula is C13H14N6O4S. The zero-order valence-electron chi connectivity index (χ0n) is 12.4. The lowest BCUT2D eigenvalue weighted by molar-refractivity contribution is -0.385. The van der Waals surface area contributed by atoms with Crippen LogP contribution in [-0.4, -0.2) is 44.6 Å². The number of carbonyl (C=O) groups excluding carboxylic acids is 1. The predicted molar refractivity (Wildman–Crippen MR) is 88.0 cm³/mol. The first-order chi connectivity index (χ1) is 11.5. The first kappa shape index (κ1) is 17.4. The van der Waals surface area contributed by atoms with Crippen LogP contribution in [0.3, 0.4) is 0 Å². The van der Waals surface area contributed by atoms with E-state index < -0.39 is 4.92 Å². The minimum atomic E-state index is -0.524. The van der Waals surface area contributed by atoms with Crippen molar-refractivity contribution < 1.29 is 9.72 Å². The summed E-state index contributed by atoms with van der Waals surface area (Å²) in [6, 6.07) is 4.13. The molecular weight excluding hydrogens is 336 g/mol. The van der Waals surface area contributed by atoms with Gasteiger partial charge in [0, 0.05) is 31.4 Å². The average Bonchev–Trinajstić information content (AvgIpc) is 2.57. The van der Waals surface area contributed by atoms with Gasteiger partial charge in [-0.05, 0) is 6.07 Å². The number of pyridine rings is 1. The molecule has 0 aromatic carbocycles. The minimum absolute atomic E-state index is 0.0848. The van der Waals surface area contributed by atoms with Gasteiger partial charge in [-0.15, -0.1) is 0 Å². The van der Waals surface area contributed by atoms with Gasteiger partial charge < -0.3 is 15.6 Å². The summed E-state index contributed by atoms with van der Waals surface area (Å²) in [5, 5.41) is 16.5. The fourth-order valence-corrected chi connectivity index (χ4v) is 2.28. The van der Waals surface area contributed by atoms with Crippen LogP contribution in [0.2, 0.25) is 0 Å². The average molecular weight is 350 g/mol. The maximum absolute atomic E-state index is 11.7. The molecule has 0 aliphatic carbocycles. The van der Waals surface area contributed by atoms with Gasteiger partial charge in [-0.1, -0.05) is 11.8 Å². The number of nitro groups is 1. The smallest absolute Gasteiger partial charge is 0.287 e. The summed E-state index contributed by atoms with van der Waals surface area (Å²) in [6.07, 6.45) is 2.53. The van der Waals surface area contributed by atoms with Crippen LogP contribution in [0.1, 0.15) is 0 Å². The van der Waals surface area contributed by atoms with E-state index in [1.165, 1.54) is 24.4 Å². The Balaban J connectivity index is 1.65. The van der Waals surface area contributed by atoms with E-state index >= 15 is 0 Å². The molecule has 0 unspecified atom stereocenters. The van der Waals surface area contributed by atoms with E-state index in [1.54, 1.807) is 0 Å². The largest absolute Gasteiger partial charge is 0.368 e. The number of aromatic amines is 1. The van der Waals surface area contributed by atoms with E-state index in [4.69, 9.17) is 0 Å². The van der Waals surface area contributed by atoms with Crippen LogP contribution >= 0.6 is 11.8 Å². The fourth-order valence-electron chi connectivity index (χ4n) is 1.60. The van der Waals surface area contributed by atoms with Gasteiger partial charge in [-0.2, -0.15) is 0 Å². The van der Waals surface area contributed by atoms with Gasteiger partial charge in [-0.25, -0.2) is 9.97 Å². The molecule has 2 rings (SSSR count). The minimum Gasteiger partial charge on any atom is -0.368 e. The first-order valence-corrected chi connectivity index (χ1v) is 7.82. The second-order valence-electron chi connectivity index (χ2n) is 4.46. The Morgan fingerprint density at radius 3 is 2.79 bits per heavy atom. The molecule has 0 saturated carbocycles. The number of nitrogens with one attached hydrogen (secondary N) is 3. The van der Waals surface area contributed by atoms with E-state index in [-0.39, 0.29) is 22.9 Å². The van der Waals surface area contributed by atoms with Crippen molar-refractivity contribution in [2.24, 2.45) is 0 Å². The predicted octanol–water partition coefficient (Wildman–Crippen LogP) is 0.393. The molecule has 24 heavy (non-hydrogen) atoms. The highest BCUT2D eigenvalue weighted by atomic mass is 32.2. The van der Waals surface area contributed by atoms with Crippen molar-refractivity contribution in [2.45, 2.75) is 5.16 Å². The van der Waals surface area contributed by atoms with Gasteiger partial charge in [0.15, 0.2) is 5.16 Å². The van der Waals surface area contributed by atoms with E-state index in [9.17, 15) is 19.7 Å². The maximum atomic E-state index is 11.7. The molecule has 3 N–H and O–H groups in total. The van der Waals surface area contributed by atoms with E-state index in [0.29, 0.717) is 24.1 Å². The quantitative estimate of drug-likeness (QED) is 0.204. The highest BCUT2D eigenvalue weighted by molar-refractivity contribution is 7.99. The SMILES string of the molecule is O=C(CSc1nccc(=O)[nH]1)NCCNc1ccc([N+](=O)[O-])cn1. The molecule has 2 heterocycles. The number of H-pyrrole nitrogens is 1. The lowest BCUT2D eigenvalue weighted by atomic mass is 10.4. The molecule has 0 fully saturated rings. The second kappa shape index (κ2) is 8.62. The zero-order valence-corrected chi connectivity index (χ0v) is 13.2. The van der Waals surface area contributed by atoms with Crippen molar-refractivity contribution in [3.8, 4) is 0 Å². The van der Waals surface area contributed by atoms with Crippen molar-refractivity contribution in [3.05, 3.63) is 51.1 Å². The monoisotopic (exact) mass is 350 g/mol. The molecule has 0 atom stereocenters. The summed E-state index contributed by atoms with van der Waals surface area (Å²) in [7, 11) is 0. The lowest BCUT2D eigenvalue weighted by Crippen LogP contribution is -2.30. The molecule has 11 heteroatoms. The van der Waals surface area contributed by atoms with Crippen LogP contribution in [0.25, 0.3) is 0 Å². The highest BCUT2D eigenvalue weighted by Crippen LogP contribution is 2.11. The van der Waals surface area contributed by atoms with Gasteiger partial charge in [0.1, 0.15) is 12.0 Å². The maximum Gasteiger partial charge on any atom is 0.287 e. The van der Waals surface area contributed by atoms with Gasteiger partial charge in [0.2, 0.25) is 5.91 Å². The number of aromatic nitrogens is 3. The number of anilines is 1. The van der Waals surface area contributed by atoms with Gasteiger partial charge in [0.05, 0.1) is 10.7 Å². The van der Waals surface area contributed by atoms with Gasteiger partial charge >= 0.3 is 0 Å². The van der Waals surface area contributed by atoms with Crippen LogP contribution in [-0.2, 0) is 4.79 Å². The Bertz CT molecular complexity index is 764. The molecule has 10 nitrogen and oxygen atoms in total. The third-order valence-corrected chi connectivity index (χ3v) is 3.59. The van der Waals surface area contributed by atoms with Crippen molar-refractivity contribution in [1.82, 2.24) is 20.3 Å². The number of rotatable bonds is 8. The Morgan fingerprint density at radius 2 is 2.12 bits per heavy atom. The normalized spacial score (nSPS) is 10.2. The molecule has 2 aromatic rings. The summed E-state index contributed by atoms with van der Waals surface area (Å²) >= 11 is 1.13. The molecule has 126 valence electrons. The van der Waals surface area contributed by atoms with E-state index in [0.717, 1.165) is 18.0 Å². The number of hydrogen-bond donors (Lipinski definition) is 3. The molecule has 0 aliphatic rings. The van der Waals surface area contributed by atoms with Crippen LogP contribution in [0.4, 0.5) is 11.5 Å². The molecule has 0 bridgehead atoms. The summed E-state index contributed by atoms with van der Waals surface area (Å²) in [6.45, 7) is 0.776. The first-order valence-electron chi connectivity index (χ1n) is 6.84. The molecule has 0 radical (unpaired) electrons. The molecule has 0 aliphatic heterocycles. The summed E-state index contributed by atoms with van der Waals surface area (Å²) < 4.78 is 0. The van der Waals surface area contributed by atoms with Crippen molar-refractivity contribution >= 4 is 29.2 Å². The van der Waals surface area contributed by atoms with Crippen LogP contribution in [0.5, 0.6) is 0 Å².